The first-order valence-electron chi connectivity index (χ1n) is 9.84. The minimum atomic E-state index is 0.302. The summed E-state index contributed by atoms with van der Waals surface area (Å²) in [5, 5.41) is 0.386. The molecular formula is C24H23NO3S. The first-order valence-corrected chi connectivity index (χ1v) is 10.7. The van der Waals surface area contributed by atoms with Gasteiger partial charge in [-0.25, -0.2) is 0 Å². The van der Waals surface area contributed by atoms with Gasteiger partial charge in [-0.2, -0.15) is 0 Å². The summed E-state index contributed by atoms with van der Waals surface area (Å²) in [5.41, 5.74) is 3.75. The van der Waals surface area contributed by atoms with E-state index in [-0.39, 0.29) is 0 Å². The predicted molar refractivity (Wildman–Crippen MR) is 116 cm³/mol. The Balaban J connectivity index is 1.45. The molecule has 0 N–H and O–H groups in total. The molecule has 0 fully saturated rings. The van der Waals surface area contributed by atoms with Crippen molar-refractivity contribution in [2.75, 3.05) is 25.3 Å². The first-order chi connectivity index (χ1) is 14.3. The molecule has 29 heavy (non-hydrogen) atoms. The molecule has 3 aromatic rings. The lowest BCUT2D eigenvalue weighted by molar-refractivity contribution is 0.173. The number of nitrogens with zero attached hydrogens (tertiary/aromatic N) is 1. The molecule has 5 rings (SSSR count). The van der Waals surface area contributed by atoms with Gasteiger partial charge in [-0.1, -0.05) is 36.4 Å². The summed E-state index contributed by atoms with van der Waals surface area (Å²) < 4.78 is 16.7. The molecule has 0 amide bonds. The third-order valence-electron chi connectivity index (χ3n) is 5.44. The largest absolute Gasteiger partial charge is 0.497 e. The Kier molecular flexibility index (Phi) is 4.98. The highest BCUT2D eigenvalue weighted by molar-refractivity contribution is 7.99. The van der Waals surface area contributed by atoms with Crippen molar-refractivity contribution in [3.8, 4) is 17.2 Å². The molecule has 1 atom stereocenters. The zero-order chi connectivity index (χ0) is 19.6. The fraction of sp³-hybridized carbons (Fsp3) is 0.250. The maximum absolute atomic E-state index is 5.74. The lowest BCUT2D eigenvalue weighted by Crippen LogP contribution is -2.24. The highest BCUT2D eigenvalue weighted by Crippen LogP contribution is 2.46. The Morgan fingerprint density at radius 2 is 1.93 bits per heavy atom. The van der Waals surface area contributed by atoms with Crippen molar-refractivity contribution in [2.45, 2.75) is 23.1 Å². The molecule has 0 spiro atoms. The molecule has 3 aromatic carbocycles. The molecule has 0 bridgehead atoms. The van der Waals surface area contributed by atoms with Crippen molar-refractivity contribution < 1.29 is 14.2 Å². The van der Waals surface area contributed by atoms with Crippen LogP contribution in [-0.4, -0.2) is 20.4 Å². The van der Waals surface area contributed by atoms with Gasteiger partial charge in [0.1, 0.15) is 5.75 Å². The number of ether oxygens (including phenoxy) is 3. The van der Waals surface area contributed by atoms with Gasteiger partial charge in [0.25, 0.3) is 0 Å². The van der Waals surface area contributed by atoms with Crippen LogP contribution in [0.2, 0.25) is 0 Å². The monoisotopic (exact) mass is 405 g/mol. The standard InChI is InChI=1S/C24H23NO3S/c1-26-19-8-4-6-17(14-19)22-12-13-25(20-9-2-3-11-23(20)29-22)15-18-7-5-10-21-24(18)28-16-27-21/h2-11,14,22H,12-13,15-16H2,1H3/t22-/m1/s1. The molecule has 2 aliphatic rings. The van der Waals surface area contributed by atoms with E-state index >= 15 is 0 Å². The van der Waals surface area contributed by atoms with E-state index in [1.165, 1.54) is 21.7 Å². The summed E-state index contributed by atoms with van der Waals surface area (Å²) in [7, 11) is 1.72. The van der Waals surface area contributed by atoms with Gasteiger partial charge in [-0.3, -0.25) is 0 Å². The smallest absolute Gasteiger partial charge is 0.231 e. The summed E-state index contributed by atoms with van der Waals surface area (Å²) in [6.07, 6.45) is 1.05. The summed E-state index contributed by atoms with van der Waals surface area (Å²) in [5.74, 6) is 2.63. The summed E-state index contributed by atoms with van der Waals surface area (Å²) in [6, 6.07) is 23.3. The summed E-state index contributed by atoms with van der Waals surface area (Å²) >= 11 is 1.94. The lowest BCUT2D eigenvalue weighted by atomic mass is 10.1. The van der Waals surface area contributed by atoms with Gasteiger partial charge in [-0.15, -0.1) is 11.8 Å². The quantitative estimate of drug-likeness (QED) is 0.558. The second-order valence-corrected chi connectivity index (χ2v) is 8.46. The zero-order valence-corrected chi connectivity index (χ0v) is 17.2. The van der Waals surface area contributed by atoms with E-state index in [1.807, 2.05) is 30.0 Å². The van der Waals surface area contributed by atoms with E-state index in [9.17, 15) is 0 Å². The van der Waals surface area contributed by atoms with Crippen LogP contribution in [0.1, 0.15) is 22.8 Å². The highest BCUT2D eigenvalue weighted by Gasteiger charge is 2.25. The molecule has 0 radical (unpaired) electrons. The summed E-state index contributed by atoms with van der Waals surface area (Å²) in [6.45, 7) is 2.07. The van der Waals surface area contributed by atoms with Crippen LogP contribution in [0.5, 0.6) is 17.2 Å². The average molecular weight is 406 g/mol. The molecule has 0 saturated carbocycles. The van der Waals surface area contributed by atoms with E-state index in [2.05, 4.69) is 53.4 Å². The van der Waals surface area contributed by atoms with Crippen molar-refractivity contribution in [1.29, 1.82) is 0 Å². The van der Waals surface area contributed by atoms with Gasteiger partial charge in [0.15, 0.2) is 11.5 Å². The average Bonchev–Trinajstić information content (AvgIpc) is 3.18. The van der Waals surface area contributed by atoms with Gasteiger partial charge < -0.3 is 19.1 Å². The van der Waals surface area contributed by atoms with Gasteiger partial charge >= 0.3 is 0 Å². The SMILES string of the molecule is COc1cccc([C@H]2CCN(Cc3cccc4c3OCO4)c3ccccc3S2)c1. The maximum atomic E-state index is 5.74. The second-order valence-electron chi connectivity index (χ2n) is 7.21. The van der Waals surface area contributed by atoms with Gasteiger partial charge in [-0.05, 0) is 42.3 Å². The molecule has 4 nitrogen and oxygen atoms in total. The predicted octanol–water partition coefficient (Wildman–Crippen LogP) is 5.67. The molecule has 0 saturated heterocycles. The van der Waals surface area contributed by atoms with E-state index in [1.54, 1.807) is 7.11 Å². The first kappa shape index (κ1) is 18.3. The van der Waals surface area contributed by atoms with Crippen LogP contribution in [0.25, 0.3) is 0 Å². The number of para-hydroxylation sites is 2. The third-order valence-corrected chi connectivity index (χ3v) is 6.83. The molecular weight excluding hydrogens is 382 g/mol. The topological polar surface area (TPSA) is 30.9 Å². The van der Waals surface area contributed by atoms with Crippen LogP contribution in [0.15, 0.2) is 71.6 Å². The number of methoxy groups -OCH3 is 1. The molecule has 2 heterocycles. The van der Waals surface area contributed by atoms with Gasteiger partial charge in [0, 0.05) is 28.8 Å². The van der Waals surface area contributed by atoms with Gasteiger partial charge in [0.05, 0.1) is 12.8 Å². The van der Waals surface area contributed by atoms with Crippen LogP contribution >= 0.6 is 11.8 Å². The number of fused-ring (bicyclic) bond motifs is 2. The van der Waals surface area contributed by atoms with Crippen molar-refractivity contribution in [3.63, 3.8) is 0 Å². The Morgan fingerprint density at radius 1 is 1.03 bits per heavy atom. The van der Waals surface area contributed by atoms with Crippen LogP contribution in [0.3, 0.4) is 0 Å². The number of thioether (sulfide) groups is 1. The Hall–Kier alpha value is -2.79. The zero-order valence-electron chi connectivity index (χ0n) is 16.3. The van der Waals surface area contributed by atoms with Crippen molar-refractivity contribution in [1.82, 2.24) is 0 Å². The molecule has 0 unspecified atom stereocenters. The number of hydrogen-bond acceptors (Lipinski definition) is 5. The maximum Gasteiger partial charge on any atom is 0.231 e. The van der Waals surface area contributed by atoms with Crippen LogP contribution in [0, 0.1) is 0 Å². The second kappa shape index (κ2) is 7.91. The molecule has 5 heteroatoms. The highest BCUT2D eigenvalue weighted by atomic mass is 32.2. The molecule has 2 aliphatic heterocycles. The van der Waals surface area contributed by atoms with Crippen LogP contribution < -0.4 is 19.1 Å². The normalized spacial score (nSPS) is 17.6. The molecule has 0 aromatic heterocycles. The van der Waals surface area contributed by atoms with Crippen LogP contribution in [-0.2, 0) is 6.54 Å². The number of hydrogen-bond donors (Lipinski definition) is 0. The number of anilines is 1. The summed E-state index contributed by atoms with van der Waals surface area (Å²) in [4.78, 5) is 3.77. The molecule has 148 valence electrons. The Labute approximate surface area is 175 Å². The third kappa shape index (κ3) is 3.62. The lowest BCUT2D eigenvalue weighted by Gasteiger charge is -2.25. The Bertz CT molecular complexity index is 1020. The van der Waals surface area contributed by atoms with E-state index < -0.39 is 0 Å². The van der Waals surface area contributed by atoms with Crippen molar-refractivity contribution >= 4 is 17.4 Å². The minimum absolute atomic E-state index is 0.302. The van der Waals surface area contributed by atoms with E-state index in [4.69, 9.17) is 14.2 Å². The van der Waals surface area contributed by atoms with Crippen molar-refractivity contribution in [3.05, 3.63) is 77.9 Å². The fourth-order valence-electron chi connectivity index (χ4n) is 3.99. The van der Waals surface area contributed by atoms with E-state index in [0.29, 0.717) is 12.0 Å². The van der Waals surface area contributed by atoms with Gasteiger partial charge in [0.2, 0.25) is 6.79 Å². The minimum Gasteiger partial charge on any atom is -0.497 e. The number of benzene rings is 3. The number of rotatable bonds is 4. The van der Waals surface area contributed by atoms with Crippen LogP contribution in [0.4, 0.5) is 5.69 Å². The van der Waals surface area contributed by atoms with E-state index in [0.717, 1.165) is 36.8 Å². The fourth-order valence-corrected chi connectivity index (χ4v) is 5.27. The Morgan fingerprint density at radius 3 is 2.86 bits per heavy atom. The molecule has 0 aliphatic carbocycles. The van der Waals surface area contributed by atoms with Crippen molar-refractivity contribution in [2.24, 2.45) is 0 Å².